The number of carbonyl (C=O) groups is 1. The average Bonchev–Trinajstić information content (AvgIpc) is 2.79. The topological polar surface area (TPSA) is 70.0 Å². The van der Waals surface area contributed by atoms with Crippen molar-refractivity contribution in [1.29, 1.82) is 0 Å². The largest absolute Gasteiger partial charge is 0.383 e. The molecule has 0 fully saturated rings. The molecule has 1 aromatic carbocycles. The molecule has 5 nitrogen and oxygen atoms in total. The third-order valence-corrected chi connectivity index (χ3v) is 5.12. The minimum Gasteiger partial charge on any atom is -0.383 e. The van der Waals surface area contributed by atoms with Gasteiger partial charge in [0.25, 0.3) is 5.56 Å². The first-order chi connectivity index (χ1) is 11.3. The molecule has 1 unspecified atom stereocenters. The Hall–Kier alpha value is -1.37. The lowest BCUT2D eigenvalue weighted by Crippen LogP contribution is -2.29. The Morgan fingerprint density at radius 2 is 1.83 bits per heavy atom. The van der Waals surface area contributed by atoms with Crippen LogP contribution >= 0.6 is 35.0 Å². The van der Waals surface area contributed by atoms with E-state index >= 15 is 0 Å². The summed E-state index contributed by atoms with van der Waals surface area (Å²) in [6, 6.07) is 4.76. The zero-order valence-corrected chi connectivity index (χ0v) is 16.0. The summed E-state index contributed by atoms with van der Waals surface area (Å²) in [5.74, 6) is 0.633. The highest BCUT2D eigenvalue weighted by Crippen LogP contribution is 2.37. The maximum absolute atomic E-state index is 13.0. The Morgan fingerprint density at radius 1 is 1.25 bits per heavy atom. The van der Waals surface area contributed by atoms with E-state index in [9.17, 15) is 9.59 Å². The van der Waals surface area contributed by atoms with E-state index in [1.54, 1.807) is 18.2 Å². The minimum absolute atomic E-state index is 0.0567. The number of benzene rings is 1. The van der Waals surface area contributed by atoms with Crippen LogP contribution in [0.4, 0.5) is 10.6 Å². The lowest BCUT2D eigenvalue weighted by molar-refractivity contribution is 0.253. The van der Waals surface area contributed by atoms with Crippen molar-refractivity contribution in [2.24, 2.45) is 0 Å². The van der Waals surface area contributed by atoms with Crippen molar-refractivity contribution in [3.8, 4) is 11.1 Å². The van der Waals surface area contributed by atoms with E-state index in [1.807, 2.05) is 20.8 Å². The molecule has 0 aliphatic heterocycles. The fraction of sp³-hybridized carbons (Fsp3) is 0.375. The Kier molecular flexibility index (Phi) is 6.06. The van der Waals surface area contributed by atoms with E-state index in [0.717, 1.165) is 11.8 Å². The molecule has 0 aliphatic rings. The number of halogens is 2. The average molecular weight is 388 g/mol. The van der Waals surface area contributed by atoms with E-state index < -0.39 is 0 Å². The summed E-state index contributed by atoms with van der Waals surface area (Å²) in [4.78, 5) is 25.5. The van der Waals surface area contributed by atoms with Gasteiger partial charge in [-0.1, -0.05) is 54.9 Å². The second-order valence-corrected chi connectivity index (χ2v) is 7.30. The monoisotopic (exact) mass is 387 g/mol. The molecule has 0 bridgehead atoms. The first-order valence-corrected chi connectivity index (χ1v) is 9.33. The van der Waals surface area contributed by atoms with Crippen LogP contribution in [0.5, 0.6) is 0 Å². The molecule has 0 amide bonds. The first-order valence-electron chi connectivity index (χ1n) is 7.59. The zero-order valence-electron chi connectivity index (χ0n) is 13.7. The smallest absolute Gasteiger partial charge is 0.306 e. The molecule has 0 spiro atoms. The van der Waals surface area contributed by atoms with Gasteiger partial charge in [0, 0.05) is 5.56 Å². The second kappa shape index (κ2) is 7.68. The van der Waals surface area contributed by atoms with Crippen LogP contribution in [0.15, 0.2) is 23.0 Å². The lowest BCUT2D eigenvalue weighted by Gasteiger charge is -2.15. The second-order valence-electron chi connectivity index (χ2n) is 5.27. The minimum atomic E-state index is -0.373. The number of hydrogen-bond acceptors (Lipinski definition) is 4. The van der Waals surface area contributed by atoms with Crippen molar-refractivity contribution >= 4 is 46.0 Å². The van der Waals surface area contributed by atoms with Gasteiger partial charge >= 0.3 is 5.24 Å². The number of thioether (sulfide) groups is 1. The van der Waals surface area contributed by atoms with Gasteiger partial charge in [-0.2, -0.15) is 4.68 Å². The van der Waals surface area contributed by atoms with Gasteiger partial charge < -0.3 is 5.73 Å². The number of nitrogen functional groups attached to an aromatic ring is 1. The standard InChI is InChI=1S/C16H19Cl2N3O2S/c1-4-9(3)20-15(22)13(12-10(17)7-6-8-11(12)18)14(19)21(20)16(23)24-5-2/h6-9H,4-5,19H2,1-3H3. The van der Waals surface area contributed by atoms with Gasteiger partial charge in [-0.15, -0.1) is 0 Å². The van der Waals surface area contributed by atoms with Crippen molar-refractivity contribution in [3.63, 3.8) is 0 Å². The first kappa shape index (κ1) is 19.0. The normalized spacial score (nSPS) is 12.4. The molecule has 0 saturated carbocycles. The maximum Gasteiger partial charge on any atom is 0.306 e. The number of rotatable bonds is 4. The Bertz CT molecular complexity index is 809. The summed E-state index contributed by atoms with van der Waals surface area (Å²) in [5, 5.41) is 0.326. The molecule has 2 rings (SSSR count). The summed E-state index contributed by atoms with van der Waals surface area (Å²) >= 11 is 13.6. The molecule has 0 aliphatic carbocycles. The van der Waals surface area contributed by atoms with Crippen LogP contribution in [0.2, 0.25) is 10.0 Å². The third-order valence-electron chi connectivity index (χ3n) is 3.78. The highest BCUT2D eigenvalue weighted by molar-refractivity contribution is 8.13. The van der Waals surface area contributed by atoms with E-state index in [0.29, 0.717) is 27.8 Å². The number of nitrogens with two attached hydrogens (primary N) is 1. The van der Waals surface area contributed by atoms with Crippen LogP contribution in [-0.2, 0) is 0 Å². The predicted molar refractivity (Wildman–Crippen MR) is 102 cm³/mol. The summed E-state index contributed by atoms with van der Waals surface area (Å²) in [5.41, 5.74) is 6.33. The number of hydrogen-bond donors (Lipinski definition) is 1. The van der Waals surface area contributed by atoms with E-state index in [1.165, 1.54) is 9.36 Å². The van der Waals surface area contributed by atoms with Gasteiger partial charge in [-0.25, -0.2) is 4.68 Å². The summed E-state index contributed by atoms with van der Waals surface area (Å²) in [7, 11) is 0. The van der Waals surface area contributed by atoms with Crippen LogP contribution in [0, 0.1) is 0 Å². The molecule has 2 N–H and O–H groups in total. The number of anilines is 1. The van der Waals surface area contributed by atoms with Crippen molar-refractivity contribution in [2.45, 2.75) is 33.2 Å². The van der Waals surface area contributed by atoms with Crippen molar-refractivity contribution < 1.29 is 4.79 Å². The van der Waals surface area contributed by atoms with Gasteiger partial charge in [0.2, 0.25) is 0 Å². The van der Waals surface area contributed by atoms with Gasteiger partial charge in [0.05, 0.1) is 21.7 Å². The van der Waals surface area contributed by atoms with Crippen LogP contribution in [0.25, 0.3) is 11.1 Å². The fourth-order valence-electron chi connectivity index (χ4n) is 2.45. The van der Waals surface area contributed by atoms with Crippen molar-refractivity contribution in [2.75, 3.05) is 11.5 Å². The molecule has 8 heteroatoms. The van der Waals surface area contributed by atoms with E-state index in [4.69, 9.17) is 28.9 Å². The van der Waals surface area contributed by atoms with Crippen molar-refractivity contribution in [1.82, 2.24) is 9.36 Å². The van der Waals surface area contributed by atoms with Gasteiger partial charge in [0.15, 0.2) is 0 Å². The summed E-state index contributed by atoms with van der Waals surface area (Å²) < 4.78 is 2.62. The predicted octanol–water partition coefficient (Wildman–Crippen LogP) is 4.90. The summed E-state index contributed by atoms with van der Waals surface area (Å²) in [6.07, 6.45) is 0.670. The van der Waals surface area contributed by atoms with E-state index in [-0.39, 0.29) is 28.2 Å². The molecular formula is C16H19Cl2N3O2S. The quantitative estimate of drug-likeness (QED) is 0.809. The molecule has 130 valence electrons. The Labute approximate surface area is 154 Å². The fourth-order valence-corrected chi connectivity index (χ4v) is 3.59. The number of carbonyl (C=O) groups excluding carboxylic acids is 1. The molecule has 1 atom stereocenters. The highest BCUT2D eigenvalue weighted by atomic mass is 35.5. The Morgan fingerprint density at radius 3 is 2.33 bits per heavy atom. The summed E-state index contributed by atoms with van der Waals surface area (Å²) in [6.45, 7) is 5.66. The van der Waals surface area contributed by atoms with Gasteiger partial charge in [-0.3, -0.25) is 9.59 Å². The molecule has 1 heterocycles. The van der Waals surface area contributed by atoms with Crippen LogP contribution in [0.3, 0.4) is 0 Å². The maximum atomic E-state index is 13.0. The molecule has 0 radical (unpaired) electrons. The highest BCUT2D eigenvalue weighted by Gasteiger charge is 2.27. The molecule has 24 heavy (non-hydrogen) atoms. The molecular weight excluding hydrogens is 369 g/mol. The molecule has 2 aromatic rings. The van der Waals surface area contributed by atoms with Crippen LogP contribution < -0.4 is 11.3 Å². The third kappa shape index (κ3) is 3.23. The SMILES string of the molecule is CCSC(=O)n1c(N)c(-c2c(Cl)cccc2Cl)c(=O)n1C(C)CC. The van der Waals surface area contributed by atoms with Crippen molar-refractivity contribution in [3.05, 3.63) is 38.6 Å². The van der Waals surface area contributed by atoms with Crippen LogP contribution in [-0.4, -0.2) is 20.4 Å². The Balaban J connectivity index is 2.85. The van der Waals surface area contributed by atoms with Gasteiger partial charge in [0.1, 0.15) is 5.82 Å². The molecule has 0 saturated heterocycles. The van der Waals surface area contributed by atoms with E-state index in [2.05, 4.69) is 0 Å². The van der Waals surface area contributed by atoms with Gasteiger partial charge in [-0.05, 0) is 31.2 Å². The zero-order chi connectivity index (χ0) is 18.0. The number of aromatic nitrogens is 2. The molecule has 1 aromatic heterocycles. The van der Waals surface area contributed by atoms with Crippen LogP contribution in [0.1, 0.15) is 33.2 Å². The number of nitrogens with zero attached hydrogens (tertiary/aromatic N) is 2. The lowest BCUT2D eigenvalue weighted by atomic mass is 10.1.